The molecule has 1 N–H and O–H groups in total. The summed E-state index contributed by atoms with van der Waals surface area (Å²) in [6, 6.07) is 13.8. The topological polar surface area (TPSA) is 106 Å². The van der Waals surface area contributed by atoms with Crippen molar-refractivity contribution in [1.29, 1.82) is 5.26 Å². The highest BCUT2D eigenvalue weighted by Crippen LogP contribution is 2.30. The normalized spacial score (nSPS) is 10.9. The second-order valence-electron chi connectivity index (χ2n) is 7.34. The summed E-state index contributed by atoms with van der Waals surface area (Å²) in [7, 11) is 1.53. The Kier molecular flexibility index (Phi) is 8.96. The van der Waals surface area contributed by atoms with Crippen molar-refractivity contribution >= 4 is 38.8 Å². The molecule has 0 radical (unpaired) electrons. The van der Waals surface area contributed by atoms with E-state index in [1.165, 1.54) is 7.11 Å². The third-order valence-electron chi connectivity index (χ3n) is 4.88. The molecule has 2 aromatic carbocycles. The van der Waals surface area contributed by atoms with E-state index in [4.69, 9.17) is 14.2 Å². The van der Waals surface area contributed by atoms with Gasteiger partial charge in [-0.15, -0.1) is 0 Å². The van der Waals surface area contributed by atoms with Crippen LogP contribution in [0.5, 0.6) is 11.6 Å². The van der Waals surface area contributed by atoms with Gasteiger partial charge in [-0.2, -0.15) is 10.4 Å². The number of amides is 1. The first kappa shape index (κ1) is 25.1. The Morgan fingerprint density at radius 1 is 1.26 bits per heavy atom. The van der Waals surface area contributed by atoms with Crippen LogP contribution in [0.1, 0.15) is 35.7 Å². The molecule has 0 fully saturated rings. The summed E-state index contributed by atoms with van der Waals surface area (Å²) in [6.07, 6.45) is 2.43. The zero-order valence-corrected chi connectivity index (χ0v) is 20.8. The smallest absolute Gasteiger partial charge is 0.278 e. The van der Waals surface area contributed by atoms with Gasteiger partial charge in [-0.1, -0.05) is 37.3 Å². The minimum atomic E-state index is -0.493. The molecule has 0 unspecified atom stereocenters. The number of aryl methyl sites for hydroxylation is 1. The Morgan fingerprint density at radius 2 is 2.06 bits per heavy atom. The third-order valence-corrected chi connectivity index (χ3v) is 5.94. The predicted octanol–water partition coefficient (Wildman–Crippen LogP) is 4.64. The highest BCUT2D eigenvalue weighted by molar-refractivity contribution is 9.10. The number of halogens is 1. The van der Waals surface area contributed by atoms with Crippen LogP contribution >= 0.6 is 15.9 Å². The van der Waals surface area contributed by atoms with Crippen LogP contribution in [0, 0.1) is 18.3 Å². The van der Waals surface area contributed by atoms with Crippen LogP contribution < -0.4 is 14.9 Å². The molecular formula is C25H25BrN4O4. The summed E-state index contributed by atoms with van der Waals surface area (Å²) in [5.41, 5.74) is 4.68. The zero-order chi connectivity index (χ0) is 24.5. The standard InChI is InChI=1S/C25H25BrN4O4/c1-4-11-33-22-10-9-17-7-5-6-8-18(17)20(22)13-28-30-23(31)15-34-25-19(12-27)21(14-32-3)24(26)16(2)29-25/h5-10,13H,4,11,14-15H2,1-3H3,(H,30,31)/b28-13+. The lowest BCUT2D eigenvalue weighted by Gasteiger charge is -2.13. The van der Waals surface area contributed by atoms with Gasteiger partial charge in [0.2, 0.25) is 5.88 Å². The number of hydrazone groups is 1. The molecule has 0 aliphatic rings. The van der Waals surface area contributed by atoms with E-state index in [1.807, 2.05) is 43.3 Å². The molecule has 8 nitrogen and oxygen atoms in total. The van der Waals surface area contributed by atoms with Crippen LogP contribution in [-0.4, -0.2) is 37.4 Å². The average molecular weight is 525 g/mol. The molecule has 0 saturated heterocycles. The second kappa shape index (κ2) is 12.1. The number of carbonyl (C=O) groups is 1. The molecule has 9 heteroatoms. The van der Waals surface area contributed by atoms with Crippen molar-refractivity contribution in [3.05, 3.63) is 63.3 Å². The maximum absolute atomic E-state index is 12.4. The van der Waals surface area contributed by atoms with Crippen molar-refractivity contribution in [2.75, 3.05) is 20.3 Å². The first-order valence-corrected chi connectivity index (χ1v) is 11.5. The maximum Gasteiger partial charge on any atom is 0.278 e. The molecule has 3 aromatic rings. The number of aromatic nitrogens is 1. The van der Waals surface area contributed by atoms with E-state index in [1.54, 1.807) is 13.1 Å². The Morgan fingerprint density at radius 3 is 2.79 bits per heavy atom. The number of benzene rings is 2. The number of methoxy groups -OCH3 is 1. The molecule has 0 aliphatic heterocycles. The third kappa shape index (κ3) is 5.90. The minimum absolute atomic E-state index is 0.0682. The van der Waals surface area contributed by atoms with Gasteiger partial charge in [-0.25, -0.2) is 10.4 Å². The number of hydrogen-bond donors (Lipinski definition) is 1. The van der Waals surface area contributed by atoms with E-state index < -0.39 is 5.91 Å². The van der Waals surface area contributed by atoms with E-state index in [0.717, 1.165) is 22.8 Å². The number of nitrogens with one attached hydrogen (secondary N) is 1. The van der Waals surface area contributed by atoms with E-state index in [-0.39, 0.29) is 24.7 Å². The predicted molar refractivity (Wildman–Crippen MR) is 133 cm³/mol. The summed E-state index contributed by atoms with van der Waals surface area (Å²) in [5.74, 6) is 0.263. The van der Waals surface area contributed by atoms with E-state index in [9.17, 15) is 10.1 Å². The molecule has 0 atom stereocenters. The molecule has 1 amide bonds. The monoisotopic (exact) mass is 524 g/mol. The second-order valence-corrected chi connectivity index (χ2v) is 8.14. The van der Waals surface area contributed by atoms with Crippen LogP contribution in [0.15, 0.2) is 46.0 Å². The van der Waals surface area contributed by atoms with Gasteiger partial charge in [0.1, 0.15) is 17.4 Å². The maximum atomic E-state index is 12.4. The number of ether oxygens (including phenoxy) is 3. The molecule has 1 heterocycles. The van der Waals surface area contributed by atoms with Gasteiger partial charge in [0.05, 0.1) is 25.1 Å². The fourth-order valence-corrected chi connectivity index (χ4v) is 3.70. The molecule has 176 valence electrons. The van der Waals surface area contributed by atoms with Gasteiger partial charge in [-0.3, -0.25) is 4.79 Å². The minimum Gasteiger partial charge on any atom is -0.493 e. The first-order valence-electron chi connectivity index (χ1n) is 10.7. The summed E-state index contributed by atoms with van der Waals surface area (Å²) >= 11 is 3.42. The summed E-state index contributed by atoms with van der Waals surface area (Å²) in [5, 5.41) is 15.7. The van der Waals surface area contributed by atoms with Gasteiger partial charge in [0, 0.05) is 22.7 Å². The lowest BCUT2D eigenvalue weighted by Crippen LogP contribution is -2.25. The molecule has 1 aromatic heterocycles. The summed E-state index contributed by atoms with van der Waals surface area (Å²) in [6.45, 7) is 4.22. The van der Waals surface area contributed by atoms with Crippen molar-refractivity contribution in [3.8, 4) is 17.7 Å². The van der Waals surface area contributed by atoms with Crippen molar-refractivity contribution < 1.29 is 19.0 Å². The van der Waals surface area contributed by atoms with E-state index >= 15 is 0 Å². The van der Waals surface area contributed by atoms with Gasteiger partial charge in [0.15, 0.2) is 6.61 Å². The highest BCUT2D eigenvalue weighted by Gasteiger charge is 2.18. The Labute approximate surface area is 206 Å². The zero-order valence-electron chi connectivity index (χ0n) is 19.2. The van der Waals surface area contributed by atoms with Crippen molar-refractivity contribution in [1.82, 2.24) is 10.4 Å². The first-order chi connectivity index (χ1) is 16.5. The van der Waals surface area contributed by atoms with Crippen LogP contribution in [0.2, 0.25) is 0 Å². The largest absolute Gasteiger partial charge is 0.493 e. The number of rotatable bonds is 10. The van der Waals surface area contributed by atoms with Crippen molar-refractivity contribution in [3.63, 3.8) is 0 Å². The SMILES string of the molecule is CCCOc1ccc2ccccc2c1/C=N/NC(=O)COc1nc(C)c(Br)c(COC)c1C#N. The number of carbonyl (C=O) groups excluding carboxylic acids is 1. The van der Waals surface area contributed by atoms with Crippen LogP contribution in [-0.2, 0) is 16.1 Å². The van der Waals surface area contributed by atoms with Gasteiger partial charge >= 0.3 is 0 Å². The number of nitriles is 1. The molecular weight excluding hydrogens is 500 g/mol. The van der Waals surface area contributed by atoms with Gasteiger partial charge in [0.25, 0.3) is 5.91 Å². The number of fused-ring (bicyclic) bond motifs is 1. The van der Waals surface area contributed by atoms with Crippen molar-refractivity contribution in [2.45, 2.75) is 26.9 Å². The fourth-order valence-electron chi connectivity index (χ4n) is 3.30. The van der Waals surface area contributed by atoms with Gasteiger partial charge < -0.3 is 14.2 Å². The lowest BCUT2D eigenvalue weighted by molar-refractivity contribution is -0.123. The molecule has 0 aliphatic carbocycles. The van der Waals surface area contributed by atoms with Crippen LogP contribution in [0.3, 0.4) is 0 Å². The Bertz CT molecular complexity index is 1250. The molecule has 0 saturated carbocycles. The molecule has 0 spiro atoms. The molecule has 0 bridgehead atoms. The number of pyridine rings is 1. The number of hydrogen-bond acceptors (Lipinski definition) is 7. The van der Waals surface area contributed by atoms with Crippen molar-refractivity contribution in [2.24, 2.45) is 5.10 Å². The van der Waals surface area contributed by atoms with E-state index in [0.29, 0.717) is 28.1 Å². The summed E-state index contributed by atoms with van der Waals surface area (Å²) in [4.78, 5) is 16.6. The van der Waals surface area contributed by atoms with E-state index in [2.05, 4.69) is 37.5 Å². The lowest BCUT2D eigenvalue weighted by atomic mass is 10.0. The average Bonchev–Trinajstić information content (AvgIpc) is 2.85. The Balaban J connectivity index is 1.74. The molecule has 34 heavy (non-hydrogen) atoms. The fraction of sp³-hybridized carbons (Fsp3) is 0.280. The summed E-state index contributed by atoms with van der Waals surface area (Å²) < 4.78 is 17.2. The quantitative estimate of drug-likeness (QED) is 0.305. The van der Waals surface area contributed by atoms with Crippen LogP contribution in [0.4, 0.5) is 0 Å². The van der Waals surface area contributed by atoms with Crippen LogP contribution in [0.25, 0.3) is 10.8 Å². The molecule has 3 rings (SSSR count). The number of nitrogens with zero attached hydrogens (tertiary/aromatic N) is 3. The highest BCUT2D eigenvalue weighted by atomic mass is 79.9. The van der Waals surface area contributed by atoms with Gasteiger partial charge in [-0.05, 0) is 46.1 Å². The Hall–Kier alpha value is -3.48.